The molecule has 274 valence electrons. The predicted molar refractivity (Wildman–Crippen MR) is 203 cm³/mol. The monoisotopic (exact) mass is 755 g/mol. The minimum Gasteiger partial charge on any atom is -0.505 e. The first-order valence-electron chi connectivity index (χ1n) is 16.5. The maximum Gasteiger partial charge on any atom is 0.352 e. The van der Waals surface area contributed by atoms with Crippen LogP contribution in [0.25, 0.3) is 0 Å². The van der Waals surface area contributed by atoms with Crippen LogP contribution >= 0.6 is 7.15 Å². The van der Waals surface area contributed by atoms with Gasteiger partial charge in [-0.2, -0.15) is 4.98 Å². The van der Waals surface area contributed by atoms with Crippen molar-refractivity contribution in [2.45, 2.75) is 31.3 Å². The lowest BCUT2D eigenvalue weighted by Crippen LogP contribution is -2.42. The molecule has 14 heteroatoms. The van der Waals surface area contributed by atoms with Crippen LogP contribution in [0.4, 0.5) is 5.82 Å². The largest absolute Gasteiger partial charge is 0.505 e. The van der Waals surface area contributed by atoms with Gasteiger partial charge < -0.3 is 38.8 Å². The molecule has 2 heterocycles. The van der Waals surface area contributed by atoms with E-state index in [4.69, 9.17) is 35.3 Å². The molecular formula is C39H38N3O9PS. The first-order chi connectivity index (χ1) is 25.5. The molecule has 0 bridgehead atoms. The van der Waals surface area contributed by atoms with Crippen molar-refractivity contribution in [1.82, 2.24) is 9.55 Å². The average molecular weight is 756 g/mol. The number of nitrogens with one attached hydrogen (secondary N) is 1. The summed E-state index contributed by atoms with van der Waals surface area (Å²) in [6.07, 6.45) is -0.0386. The molecule has 1 aliphatic heterocycles. The molecule has 4 aromatic carbocycles. The molecule has 0 radical (unpaired) electrons. The number of carbonyl (C=O) groups is 1. The van der Waals surface area contributed by atoms with Crippen molar-refractivity contribution in [3.05, 3.63) is 165 Å². The van der Waals surface area contributed by atoms with Crippen LogP contribution in [0.5, 0.6) is 11.5 Å². The quantitative estimate of drug-likeness (QED) is 0.0905. The summed E-state index contributed by atoms with van der Waals surface area (Å²) in [5.41, 5.74) is -0.665. The first kappa shape index (κ1) is 37.5. The number of ether oxygens (including phenoxy) is 4. The van der Waals surface area contributed by atoms with E-state index in [1.54, 1.807) is 58.4 Å². The molecule has 1 amide bonds. The number of anilines is 1. The maximum atomic E-state index is 13.5. The fourth-order valence-electron chi connectivity index (χ4n) is 6.23. The van der Waals surface area contributed by atoms with Crippen LogP contribution < -0.4 is 20.5 Å². The molecule has 3 atom stereocenters. The van der Waals surface area contributed by atoms with Crippen LogP contribution in [-0.2, 0) is 31.4 Å². The lowest BCUT2D eigenvalue weighted by atomic mass is 9.79. The second-order valence-electron chi connectivity index (χ2n) is 12.4. The second kappa shape index (κ2) is 15.7. The van der Waals surface area contributed by atoms with Crippen LogP contribution in [0.3, 0.4) is 0 Å². The van der Waals surface area contributed by atoms with E-state index in [2.05, 4.69) is 10.3 Å². The maximum absolute atomic E-state index is 13.5. The van der Waals surface area contributed by atoms with Crippen LogP contribution in [0.15, 0.2) is 132 Å². The molecule has 0 saturated carbocycles. The highest BCUT2D eigenvalue weighted by Gasteiger charge is 2.50. The van der Waals surface area contributed by atoms with E-state index in [9.17, 15) is 19.6 Å². The molecule has 0 aliphatic carbocycles. The summed E-state index contributed by atoms with van der Waals surface area (Å²) >= 11 is 5.05. The number of aryl methyl sites for hydroxylation is 1. The lowest BCUT2D eigenvalue weighted by molar-refractivity contribution is -0.133. The van der Waals surface area contributed by atoms with Gasteiger partial charge in [0.1, 0.15) is 22.9 Å². The number of aromatic nitrogens is 2. The molecular weight excluding hydrogens is 717 g/mol. The number of hydrogen-bond donors (Lipinski definition) is 3. The van der Waals surface area contributed by atoms with Crippen LogP contribution in [0.1, 0.15) is 45.8 Å². The van der Waals surface area contributed by atoms with E-state index >= 15 is 0 Å². The van der Waals surface area contributed by atoms with Crippen molar-refractivity contribution in [1.29, 1.82) is 0 Å². The third kappa shape index (κ3) is 7.61. The zero-order valence-electron chi connectivity index (χ0n) is 29.3. The lowest BCUT2D eigenvalue weighted by Gasteiger charge is -2.39. The fraction of sp³-hybridized carbons (Fsp3) is 0.205. The van der Waals surface area contributed by atoms with Gasteiger partial charge in [-0.1, -0.05) is 72.8 Å². The summed E-state index contributed by atoms with van der Waals surface area (Å²) in [5.74, 6) is 0.198. The van der Waals surface area contributed by atoms with E-state index in [1.807, 2.05) is 78.9 Å². The van der Waals surface area contributed by atoms with Gasteiger partial charge in [0.05, 0.1) is 20.8 Å². The number of rotatable bonds is 13. The first-order valence-corrected chi connectivity index (χ1v) is 18.9. The van der Waals surface area contributed by atoms with Gasteiger partial charge in [0.15, 0.2) is 17.1 Å². The molecule has 0 spiro atoms. The number of amides is 1. The summed E-state index contributed by atoms with van der Waals surface area (Å²) in [7, 11) is 0.308. The summed E-state index contributed by atoms with van der Waals surface area (Å²) in [6.45, 7) is 2.98. The highest BCUT2D eigenvalue weighted by atomic mass is 32.4. The van der Waals surface area contributed by atoms with Gasteiger partial charge in [-0.05, 0) is 78.7 Å². The zero-order valence-corrected chi connectivity index (χ0v) is 31.1. The summed E-state index contributed by atoms with van der Waals surface area (Å²) in [5, 5.41) is 14.3. The van der Waals surface area contributed by atoms with Crippen molar-refractivity contribution in [2.24, 2.45) is 0 Å². The Morgan fingerprint density at radius 3 is 1.98 bits per heavy atom. The molecule has 3 N–H and O–H groups in total. The number of hydrogen-bond acceptors (Lipinski definition) is 10. The average Bonchev–Trinajstić information content (AvgIpc) is 3.42. The Balaban J connectivity index is 1.40. The molecule has 1 aromatic heterocycles. The smallest absolute Gasteiger partial charge is 0.352 e. The number of carbonyl (C=O) groups excluding carboxylic acids is 1. The number of aliphatic hydroxyl groups excluding tert-OH is 1. The van der Waals surface area contributed by atoms with Crippen LogP contribution in [0, 0.1) is 6.92 Å². The van der Waals surface area contributed by atoms with Crippen LogP contribution in [0.2, 0.25) is 0 Å². The molecule has 3 unspecified atom stereocenters. The van der Waals surface area contributed by atoms with E-state index < -0.39 is 41.9 Å². The van der Waals surface area contributed by atoms with E-state index in [0.717, 1.165) is 21.3 Å². The zero-order chi connectivity index (χ0) is 37.8. The number of benzene rings is 4. The Kier molecular flexibility index (Phi) is 11.1. The van der Waals surface area contributed by atoms with Gasteiger partial charge >= 0.3 is 5.69 Å². The SMILES string of the molecule is COc1ccc(C(OCC2(C)OC(n3cc(C)c(NC(=O)c4ccccc4)nc3=O)C(O)=C2O[PH](O)=S)(c2ccccc2)c2ccc(OC)cc2)cc1. The number of aliphatic hydroxyl groups is 1. The number of nitrogens with zero attached hydrogens (tertiary/aromatic N) is 2. The second-order valence-corrected chi connectivity index (χ2v) is 14.1. The molecule has 0 fully saturated rings. The molecule has 1 aliphatic rings. The van der Waals surface area contributed by atoms with Crippen molar-refractivity contribution in [3.8, 4) is 11.5 Å². The number of methoxy groups -OCH3 is 2. The Labute approximate surface area is 311 Å². The topological polar surface area (TPSA) is 151 Å². The van der Waals surface area contributed by atoms with Gasteiger partial charge in [-0.15, -0.1) is 0 Å². The van der Waals surface area contributed by atoms with E-state index in [1.165, 1.54) is 6.20 Å². The minimum absolute atomic E-state index is 0.0437. The standard InChI is InChI=1S/C39H38N3O9PS/c1-25-23-42(37(45)41-34(25)40-35(44)26-11-7-5-8-12-26)36-32(43)33(51-52(46)53)38(2,50-36)24-49-39(27-13-9-6-10-14-27,28-15-19-30(47-3)20-16-28)29-17-21-31(48-4)22-18-29/h5-23,36,43,52H,24H2,1-4H3,(H,46,53)(H,40,41,44,45). The highest BCUT2D eigenvalue weighted by Crippen LogP contribution is 2.48. The molecule has 6 rings (SSSR count). The van der Waals surface area contributed by atoms with Crippen molar-refractivity contribution in [3.63, 3.8) is 0 Å². The minimum atomic E-state index is -2.86. The van der Waals surface area contributed by atoms with Gasteiger partial charge in [0.2, 0.25) is 13.4 Å². The third-order valence-corrected chi connectivity index (χ3v) is 9.53. The summed E-state index contributed by atoms with van der Waals surface area (Å²) < 4.78 is 31.2. The Morgan fingerprint density at radius 2 is 1.45 bits per heavy atom. The molecule has 12 nitrogen and oxygen atoms in total. The van der Waals surface area contributed by atoms with Gasteiger partial charge in [-0.25, -0.2) is 4.79 Å². The van der Waals surface area contributed by atoms with Crippen molar-refractivity contribution < 1.29 is 38.3 Å². The molecule has 0 saturated heterocycles. The van der Waals surface area contributed by atoms with Gasteiger partial charge in [0, 0.05) is 17.3 Å². The Morgan fingerprint density at radius 1 is 0.925 bits per heavy atom. The van der Waals surface area contributed by atoms with Crippen molar-refractivity contribution in [2.75, 3.05) is 26.1 Å². The molecule has 5 aromatic rings. The van der Waals surface area contributed by atoms with Crippen molar-refractivity contribution >= 4 is 30.7 Å². The van der Waals surface area contributed by atoms with E-state index in [-0.39, 0.29) is 18.2 Å². The third-order valence-electron chi connectivity index (χ3n) is 8.90. The van der Waals surface area contributed by atoms with Gasteiger partial charge in [-0.3, -0.25) is 9.36 Å². The highest BCUT2D eigenvalue weighted by molar-refractivity contribution is 8.00. The fourth-order valence-corrected chi connectivity index (χ4v) is 6.97. The Hall–Kier alpha value is -5.30. The molecule has 53 heavy (non-hydrogen) atoms. The summed E-state index contributed by atoms with van der Waals surface area (Å²) in [4.78, 5) is 40.7. The normalized spacial score (nSPS) is 17.6. The summed E-state index contributed by atoms with van der Waals surface area (Å²) in [6, 6.07) is 33.0. The van der Waals surface area contributed by atoms with Gasteiger partial charge in [0.25, 0.3) is 5.91 Å². The van der Waals surface area contributed by atoms with E-state index in [0.29, 0.717) is 22.6 Å². The predicted octanol–water partition coefficient (Wildman–Crippen LogP) is 6.40. The Bertz CT molecular complexity index is 2150. The van der Waals surface area contributed by atoms with Crippen LogP contribution in [-0.4, -0.2) is 51.9 Å².